The molecule has 12 heteroatoms. The fourth-order valence-corrected chi connectivity index (χ4v) is 2.32. The Hall–Kier alpha value is -2.89. The van der Waals surface area contributed by atoms with Gasteiger partial charge in [-0.1, -0.05) is 24.3 Å². The normalized spacial score (nSPS) is 11.5. The Labute approximate surface area is 193 Å². The second-order valence-electron chi connectivity index (χ2n) is 7.72. The Morgan fingerprint density at radius 3 is 2.22 bits per heavy atom. The summed E-state index contributed by atoms with van der Waals surface area (Å²) in [7, 11) is 0. The molecule has 180 valence electrons. The summed E-state index contributed by atoms with van der Waals surface area (Å²) in [6.45, 7) is 5.18. The smallest absolute Gasteiger partial charge is 0.407 e. The molecule has 0 saturated carbocycles. The zero-order valence-electron chi connectivity index (χ0n) is 18.5. The number of carbonyl (C=O) groups excluding carboxylic acids is 3. The van der Waals surface area contributed by atoms with Crippen LogP contribution in [0.15, 0.2) is 24.3 Å². The molecule has 11 nitrogen and oxygen atoms in total. The summed E-state index contributed by atoms with van der Waals surface area (Å²) < 4.78 is 5.07. The van der Waals surface area contributed by atoms with Gasteiger partial charge in [0.15, 0.2) is 0 Å². The standard InChI is InChI=1S/C20H32N6O5.ClH/c1-20(2,3)31-19(30)24-9-8-23-16(28)11-26-18(29)15(12-27)25-10-13-4-6-14(7-5-13)17(21)22;/h4-7,15,25,27H,8-12H2,1-3H3,(H3,21,22)(H,23,28)(H,24,30)(H,26,29);1H. The van der Waals surface area contributed by atoms with E-state index in [0.29, 0.717) is 12.1 Å². The fourth-order valence-electron chi connectivity index (χ4n) is 2.32. The number of halogens is 1. The van der Waals surface area contributed by atoms with Crippen molar-refractivity contribution in [3.63, 3.8) is 0 Å². The van der Waals surface area contributed by atoms with Crippen LogP contribution in [0.4, 0.5) is 4.79 Å². The van der Waals surface area contributed by atoms with Crippen LogP contribution in [-0.2, 0) is 20.9 Å². The van der Waals surface area contributed by atoms with Gasteiger partial charge in [0.05, 0.1) is 13.2 Å². The number of hydrogen-bond acceptors (Lipinski definition) is 7. The molecular weight excluding hydrogens is 440 g/mol. The number of aliphatic hydroxyl groups excluding tert-OH is 1. The van der Waals surface area contributed by atoms with Crippen LogP contribution in [0, 0.1) is 5.41 Å². The molecule has 0 saturated heterocycles. The first kappa shape index (κ1) is 29.1. The van der Waals surface area contributed by atoms with Crippen molar-refractivity contribution in [1.29, 1.82) is 5.41 Å². The summed E-state index contributed by atoms with van der Waals surface area (Å²) in [6, 6.07) is 6.00. The van der Waals surface area contributed by atoms with E-state index in [4.69, 9.17) is 15.9 Å². The van der Waals surface area contributed by atoms with Gasteiger partial charge in [0, 0.05) is 25.2 Å². The average Bonchev–Trinajstić information content (AvgIpc) is 2.69. The van der Waals surface area contributed by atoms with E-state index in [2.05, 4.69) is 21.3 Å². The number of nitrogen functional groups attached to an aromatic ring is 1. The molecule has 1 aromatic carbocycles. The van der Waals surface area contributed by atoms with Crippen LogP contribution in [0.1, 0.15) is 31.9 Å². The summed E-state index contributed by atoms with van der Waals surface area (Å²) in [5.74, 6) is -0.994. The van der Waals surface area contributed by atoms with Crippen molar-refractivity contribution in [1.82, 2.24) is 21.3 Å². The molecule has 1 rings (SSSR count). The molecule has 3 amide bonds. The molecular formula is C20H33ClN6O5. The van der Waals surface area contributed by atoms with E-state index in [1.807, 2.05) is 0 Å². The second kappa shape index (κ2) is 14.2. The molecule has 1 unspecified atom stereocenters. The maximum Gasteiger partial charge on any atom is 0.407 e. The fraction of sp³-hybridized carbons (Fsp3) is 0.500. The Balaban J connectivity index is 0.00000961. The highest BCUT2D eigenvalue weighted by Gasteiger charge is 2.18. The molecule has 0 bridgehead atoms. The summed E-state index contributed by atoms with van der Waals surface area (Å²) >= 11 is 0. The Morgan fingerprint density at radius 2 is 1.69 bits per heavy atom. The first-order valence-electron chi connectivity index (χ1n) is 9.80. The number of amidine groups is 1. The van der Waals surface area contributed by atoms with Gasteiger partial charge in [-0.25, -0.2) is 4.79 Å². The molecule has 0 aliphatic carbocycles. The molecule has 32 heavy (non-hydrogen) atoms. The Kier molecular flexibility index (Phi) is 12.9. The lowest BCUT2D eigenvalue weighted by Crippen LogP contribution is -2.49. The molecule has 0 aliphatic heterocycles. The largest absolute Gasteiger partial charge is 0.444 e. The van der Waals surface area contributed by atoms with E-state index < -0.39 is 36.2 Å². The van der Waals surface area contributed by atoms with Crippen molar-refractivity contribution in [2.24, 2.45) is 5.73 Å². The lowest BCUT2D eigenvalue weighted by atomic mass is 10.1. The van der Waals surface area contributed by atoms with E-state index in [1.165, 1.54) is 0 Å². The quantitative estimate of drug-likeness (QED) is 0.130. The molecule has 0 heterocycles. The maximum atomic E-state index is 12.2. The predicted molar refractivity (Wildman–Crippen MR) is 123 cm³/mol. The first-order valence-corrected chi connectivity index (χ1v) is 9.80. The van der Waals surface area contributed by atoms with Crippen molar-refractivity contribution < 1.29 is 24.2 Å². The molecule has 1 aromatic rings. The third-order valence-electron chi connectivity index (χ3n) is 3.86. The van der Waals surface area contributed by atoms with E-state index in [-0.39, 0.29) is 37.9 Å². The number of hydrogen-bond donors (Lipinski definition) is 7. The van der Waals surface area contributed by atoms with Crippen molar-refractivity contribution in [2.75, 3.05) is 26.2 Å². The number of nitrogens with one attached hydrogen (secondary N) is 5. The predicted octanol–water partition coefficient (Wildman–Crippen LogP) is -0.400. The number of ether oxygens (including phenoxy) is 1. The second-order valence-corrected chi connectivity index (χ2v) is 7.72. The van der Waals surface area contributed by atoms with Gasteiger partial charge in [0.2, 0.25) is 11.8 Å². The van der Waals surface area contributed by atoms with Gasteiger partial charge in [-0.15, -0.1) is 12.4 Å². The van der Waals surface area contributed by atoms with Crippen molar-refractivity contribution in [3.05, 3.63) is 35.4 Å². The third-order valence-corrected chi connectivity index (χ3v) is 3.86. The van der Waals surface area contributed by atoms with Crippen LogP contribution in [0.2, 0.25) is 0 Å². The highest BCUT2D eigenvalue weighted by Crippen LogP contribution is 2.06. The third kappa shape index (κ3) is 12.1. The van der Waals surface area contributed by atoms with Gasteiger partial charge in [0.1, 0.15) is 17.5 Å². The average molecular weight is 473 g/mol. The lowest BCUT2D eigenvalue weighted by molar-refractivity contribution is -0.128. The minimum Gasteiger partial charge on any atom is -0.444 e. The Bertz CT molecular complexity index is 767. The highest BCUT2D eigenvalue weighted by molar-refractivity contribution is 5.94. The molecule has 0 fully saturated rings. The van der Waals surface area contributed by atoms with Gasteiger partial charge < -0.3 is 31.5 Å². The monoisotopic (exact) mass is 472 g/mol. The SMILES string of the molecule is CC(C)(C)OC(=O)NCCNC(=O)CNC(=O)C(CO)NCc1ccc(C(=N)N)cc1.Cl. The maximum absolute atomic E-state index is 12.2. The van der Waals surface area contributed by atoms with Crippen molar-refractivity contribution in [2.45, 2.75) is 39.0 Å². The summed E-state index contributed by atoms with van der Waals surface area (Å²) in [6.07, 6.45) is -0.581. The van der Waals surface area contributed by atoms with Gasteiger partial charge in [-0.2, -0.15) is 0 Å². The van der Waals surface area contributed by atoms with Crippen LogP contribution in [-0.4, -0.2) is 66.7 Å². The first-order chi connectivity index (χ1) is 14.5. The number of nitrogens with two attached hydrogens (primary N) is 1. The molecule has 0 aromatic heterocycles. The molecule has 1 atom stereocenters. The van der Waals surface area contributed by atoms with Crippen LogP contribution >= 0.6 is 12.4 Å². The van der Waals surface area contributed by atoms with E-state index in [1.54, 1.807) is 45.0 Å². The number of carbonyl (C=O) groups is 3. The van der Waals surface area contributed by atoms with E-state index in [9.17, 15) is 19.5 Å². The van der Waals surface area contributed by atoms with Crippen molar-refractivity contribution in [3.8, 4) is 0 Å². The van der Waals surface area contributed by atoms with E-state index >= 15 is 0 Å². The summed E-state index contributed by atoms with van der Waals surface area (Å²) in [5, 5.41) is 27.2. The zero-order valence-corrected chi connectivity index (χ0v) is 19.3. The van der Waals surface area contributed by atoms with Gasteiger partial charge in [0.25, 0.3) is 0 Å². The number of amides is 3. The molecule has 0 spiro atoms. The lowest BCUT2D eigenvalue weighted by Gasteiger charge is -2.19. The molecule has 8 N–H and O–H groups in total. The van der Waals surface area contributed by atoms with Gasteiger partial charge in [-0.3, -0.25) is 20.3 Å². The van der Waals surface area contributed by atoms with Gasteiger partial charge in [-0.05, 0) is 26.3 Å². The Morgan fingerprint density at radius 1 is 1.09 bits per heavy atom. The molecule has 0 aliphatic rings. The summed E-state index contributed by atoms with van der Waals surface area (Å²) in [4.78, 5) is 35.5. The number of rotatable bonds is 11. The van der Waals surface area contributed by atoms with Crippen LogP contribution in [0.25, 0.3) is 0 Å². The highest BCUT2D eigenvalue weighted by atomic mass is 35.5. The zero-order chi connectivity index (χ0) is 23.4. The number of alkyl carbamates (subject to hydrolysis) is 1. The minimum atomic E-state index is -0.894. The summed E-state index contributed by atoms with van der Waals surface area (Å²) in [5.41, 5.74) is 6.23. The number of aliphatic hydroxyl groups is 1. The van der Waals surface area contributed by atoms with Crippen LogP contribution < -0.4 is 27.0 Å². The minimum absolute atomic E-state index is 0. The van der Waals surface area contributed by atoms with Crippen LogP contribution in [0.5, 0.6) is 0 Å². The number of benzene rings is 1. The topological polar surface area (TPSA) is 179 Å². The van der Waals surface area contributed by atoms with Crippen molar-refractivity contribution >= 4 is 36.2 Å². The molecule has 0 radical (unpaired) electrons. The van der Waals surface area contributed by atoms with Gasteiger partial charge >= 0.3 is 6.09 Å². The van der Waals surface area contributed by atoms with Crippen LogP contribution in [0.3, 0.4) is 0 Å². The van der Waals surface area contributed by atoms with E-state index in [0.717, 1.165) is 5.56 Å².